The predicted octanol–water partition coefficient (Wildman–Crippen LogP) is 4.92. The van der Waals surface area contributed by atoms with E-state index in [1.54, 1.807) is 4.57 Å². The van der Waals surface area contributed by atoms with Crippen LogP contribution in [0.5, 0.6) is 0 Å². The molecule has 1 atom stereocenters. The number of hydrogen-bond donors (Lipinski definition) is 0. The summed E-state index contributed by atoms with van der Waals surface area (Å²) in [4.78, 5) is 6.15. The molecule has 1 fully saturated rings. The molecule has 24 heavy (non-hydrogen) atoms. The van der Waals surface area contributed by atoms with E-state index in [4.69, 9.17) is 0 Å². The van der Waals surface area contributed by atoms with Crippen molar-refractivity contribution in [3.8, 4) is 11.4 Å². The van der Waals surface area contributed by atoms with Crippen molar-refractivity contribution >= 4 is 0 Å². The molecule has 0 spiro atoms. The van der Waals surface area contributed by atoms with Crippen LogP contribution < -0.4 is 0 Å². The van der Waals surface area contributed by atoms with E-state index in [0.29, 0.717) is 17.4 Å². The van der Waals surface area contributed by atoms with Gasteiger partial charge in [0.2, 0.25) is 0 Å². The van der Waals surface area contributed by atoms with Crippen molar-refractivity contribution in [2.45, 2.75) is 44.9 Å². The molecule has 2 heterocycles. The highest BCUT2D eigenvalue weighted by molar-refractivity contribution is 5.57. The average molecular weight is 337 g/mol. The Morgan fingerprint density at radius 3 is 2.33 bits per heavy atom. The van der Waals surface area contributed by atoms with E-state index in [1.165, 1.54) is 12.0 Å². The van der Waals surface area contributed by atoms with Gasteiger partial charge in [0.05, 0.1) is 0 Å². The van der Waals surface area contributed by atoms with Crippen LogP contribution in [0.3, 0.4) is 0 Å². The third-order valence-corrected chi connectivity index (χ3v) is 4.65. The lowest BCUT2D eigenvalue weighted by Crippen LogP contribution is -2.17. The minimum atomic E-state index is -4.43. The Morgan fingerprint density at radius 1 is 1.17 bits per heavy atom. The van der Waals surface area contributed by atoms with Crippen molar-refractivity contribution in [1.29, 1.82) is 0 Å². The highest BCUT2D eigenvalue weighted by atomic mass is 19.4. The van der Waals surface area contributed by atoms with Gasteiger partial charge in [-0.25, -0.2) is 4.98 Å². The molecule has 1 aliphatic heterocycles. The molecular formula is C18H22F3N3. The van der Waals surface area contributed by atoms with Crippen LogP contribution in [-0.2, 0) is 6.18 Å². The monoisotopic (exact) mass is 337 g/mol. The van der Waals surface area contributed by atoms with E-state index < -0.39 is 11.9 Å². The molecule has 1 aromatic carbocycles. The molecule has 130 valence electrons. The smallest absolute Gasteiger partial charge is 0.328 e. The van der Waals surface area contributed by atoms with Crippen LogP contribution in [-0.4, -0.2) is 28.0 Å². The molecule has 1 saturated heterocycles. The highest BCUT2D eigenvalue weighted by Gasteiger charge is 2.35. The van der Waals surface area contributed by atoms with E-state index in [9.17, 15) is 13.2 Å². The van der Waals surface area contributed by atoms with Gasteiger partial charge in [-0.2, -0.15) is 13.2 Å². The quantitative estimate of drug-likeness (QED) is 0.793. The fraction of sp³-hybridized carbons (Fsp3) is 0.500. The van der Waals surface area contributed by atoms with Crippen LogP contribution in [0.1, 0.15) is 50.0 Å². The molecule has 1 aromatic heterocycles. The van der Waals surface area contributed by atoms with Gasteiger partial charge in [-0.15, -0.1) is 0 Å². The van der Waals surface area contributed by atoms with Crippen LogP contribution in [0.15, 0.2) is 30.5 Å². The third-order valence-electron chi connectivity index (χ3n) is 4.65. The Balaban J connectivity index is 1.95. The van der Waals surface area contributed by atoms with E-state index in [1.807, 2.05) is 38.1 Å². The number of alkyl halides is 3. The lowest BCUT2D eigenvalue weighted by molar-refractivity contribution is -0.140. The largest absolute Gasteiger partial charge is 0.434 e. The molecule has 2 aromatic rings. The highest BCUT2D eigenvalue weighted by Crippen LogP contribution is 2.34. The first-order chi connectivity index (χ1) is 11.3. The maximum atomic E-state index is 13.0. The van der Waals surface area contributed by atoms with Crippen molar-refractivity contribution in [3.05, 3.63) is 41.7 Å². The van der Waals surface area contributed by atoms with Crippen molar-refractivity contribution in [3.63, 3.8) is 0 Å². The Morgan fingerprint density at radius 2 is 1.83 bits per heavy atom. The van der Waals surface area contributed by atoms with E-state index in [-0.39, 0.29) is 6.04 Å². The van der Waals surface area contributed by atoms with Crippen molar-refractivity contribution in [1.82, 2.24) is 14.5 Å². The van der Waals surface area contributed by atoms with Crippen LogP contribution in [0.2, 0.25) is 0 Å². The van der Waals surface area contributed by atoms with Gasteiger partial charge in [-0.3, -0.25) is 4.90 Å². The molecule has 1 unspecified atom stereocenters. The zero-order valence-corrected chi connectivity index (χ0v) is 14.1. The number of hydrogen-bond acceptors (Lipinski definition) is 2. The van der Waals surface area contributed by atoms with Crippen molar-refractivity contribution < 1.29 is 13.2 Å². The summed E-state index contributed by atoms with van der Waals surface area (Å²) < 4.78 is 40.6. The van der Waals surface area contributed by atoms with Gasteiger partial charge >= 0.3 is 6.18 Å². The average Bonchev–Trinajstić information content (AvgIpc) is 3.13. The fourth-order valence-corrected chi connectivity index (χ4v) is 3.32. The van der Waals surface area contributed by atoms with Gasteiger partial charge in [0, 0.05) is 23.8 Å². The lowest BCUT2D eigenvalue weighted by Gasteiger charge is -2.20. The standard InChI is InChI=1S/C18H22F3N3/c1-12(2)24-11-16(18(19,20)21)22-17(24)14-8-6-13(7-9-14)15-5-4-10-23(15)3/h6-9,11-12,15H,4-5,10H2,1-3H3. The van der Waals surface area contributed by atoms with E-state index in [2.05, 4.69) is 16.9 Å². The molecule has 0 bridgehead atoms. The molecule has 0 amide bonds. The first-order valence-electron chi connectivity index (χ1n) is 8.24. The number of nitrogens with zero attached hydrogens (tertiary/aromatic N) is 3. The summed E-state index contributed by atoms with van der Waals surface area (Å²) in [6.07, 6.45) is -1.04. The van der Waals surface area contributed by atoms with Crippen molar-refractivity contribution in [2.24, 2.45) is 0 Å². The second kappa shape index (κ2) is 6.24. The number of halogens is 3. The summed E-state index contributed by atoms with van der Waals surface area (Å²) in [5.74, 6) is 0.364. The Hall–Kier alpha value is -1.82. The SMILES string of the molecule is CC(C)n1cc(C(F)(F)F)nc1-c1ccc(C2CCCN2C)cc1. The van der Waals surface area contributed by atoms with Crippen molar-refractivity contribution in [2.75, 3.05) is 13.6 Å². The van der Waals surface area contributed by atoms with Crippen LogP contribution in [0.4, 0.5) is 13.2 Å². The predicted molar refractivity (Wildman–Crippen MR) is 87.7 cm³/mol. The molecule has 0 N–H and O–H groups in total. The molecule has 3 nitrogen and oxygen atoms in total. The normalized spacial score (nSPS) is 19.4. The third kappa shape index (κ3) is 3.20. The maximum Gasteiger partial charge on any atom is 0.434 e. The van der Waals surface area contributed by atoms with Gasteiger partial charge in [-0.1, -0.05) is 24.3 Å². The molecule has 1 aliphatic rings. The van der Waals surface area contributed by atoms with Gasteiger partial charge < -0.3 is 4.57 Å². The fourth-order valence-electron chi connectivity index (χ4n) is 3.32. The van der Waals surface area contributed by atoms with Crippen LogP contribution >= 0.6 is 0 Å². The minimum absolute atomic E-state index is 0.0933. The minimum Gasteiger partial charge on any atom is -0.328 e. The Labute approximate surface area is 140 Å². The summed E-state index contributed by atoms with van der Waals surface area (Å²) in [6, 6.07) is 8.08. The zero-order valence-electron chi connectivity index (χ0n) is 14.1. The number of aromatic nitrogens is 2. The molecule has 3 rings (SSSR count). The number of benzene rings is 1. The first-order valence-corrected chi connectivity index (χ1v) is 8.24. The molecular weight excluding hydrogens is 315 g/mol. The maximum absolute atomic E-state index is 13.0. The van der Waals surface area contributed by atoms with E-state index in [0.717, 1.165) is 19.2 Å². The summed E-state index contributed by atoms with van der Waals surface area (Å²) in [5.41, 5.74) is 1.08. The Kier molecular flexibility index (Phi) is 4.42. The first kappa shape index (κ1) is 17.0. The number of rotatable bonds is 3. The zero-order chi connectivity index (χ0) is 17.5. The van der Waals surface area contributed by atoms with Gasteiger partial charge in [0.25, 0.3) is 0 Å². The van der Waals surface area contributed by atoms with Crippen LogP contribution in [0, 0.1) is 0 Å². The van der Waals surface area contributed by atoms with Crippen LogP contribution in [0.25, 0.3) is 11.4 Å². The summed E-state index contributed by atoms with van der Waals surface area (Å²) in [6.45, 7) is 4.79. The van der Waals surface area contributed by atoms with Gasteiger partial charge in [0.1, 0.15) is 5.82 Å². The second-order valence-electron chi connectivity index (χ2n) is 6.71. The molecule has 6 heteroatoms. The topological polar surface area (TPSA) is 21.1 Å². The molecule has 0 saturated carbocycles. The number of likely N-dealkylation sites (tertiary alicyclic amines) is 1. The molecule has 0 radical (unpaired) electrons. The Bertz CT molecular complexity index is 701. The van der Waals surface area contributed by atoms with Gasteiger partial charge in [0.15, 0.2) is 5.69 Å². The second-order valence-corrected chi connectivity index (χ2v) is 6.71. The van der Waals surface area contributed by atoms with E-state index >= 15 is 0 Å². The number of imidazole rings is 1. The summed E-state index contributed by atoms with van der Waals surface area (Å²) in [5, 5.41) is 0. The molecule has 0 aliphatic carbocycles. The summed E-state index contributed by atoms with van der Waals surface area (Å²) >= 11 is 0. The summed E-state index contributed by atoms with van der Waals surface area (Å²) in [7, 11) is 2.10. The lowest BCUT2D eigenvalue weighted by atomic mass is 10.0. The van der Waals surface area contributed by atoms with Gasteiger partial charge in [-0.05, 0) is 45.8 Å².